The molecule has 1 aromatic carbocycles. The van der Waals surface area contributed by atoms with Gasteiger partial charge in [0.25, 0.3) is 0 Å². The second-order valence-electron chi connectivity index (χ2n) is 4.22. The summed E-state index contributed by atoms with van der Waals surface area (Å²) >= 11 is 3.40. The van der Waals surface area contributed by atoms with Crippen LogP contribution in [0.25, 0.3) is 0 Å². The molecule has 1 aromatic heterocycles. The van der Waals surface area contributed by atoms with Gasteiger partial charge in [-0.15, -0.1) is 0 Å². The van der Waals surface area contributed by atoms with Crippen LogP contribution in [0.3, 0.4) is 0 Å². The highest BCUT2D eigenvalue weighted by Gasteiger charge is 2.12. The van der Waals surface area contributed by atoms with Gasteiger partial charge in [0.05, 0.1) is 7.11 Å². The smallest absolute Gasteiger partial charge is 0.164 e. The zero-order valence-electron chi connectivity index (χ0n) is 10.9. The minimum atomic E-state index is 0.0776. The van der Waals surface area contributed by atoms with E-state index in [4.69, 9.17) is 4.74 Å². The van der Waals surface area contributed by atoms with Crippen LogP contribution in [0.15, 0.2) is 35.1 Å². The van der Waals surface area contributed by atoms with Gasteiger partial charge in [-0.25, -0.2) is 4.98 Å². The Morgan fingerprint density at radius 2 is 2.26 bits per heavy atom. The summed E-state index contributed by atoms with van der Waals surface area (Å²) in [5.74, 6) is 1.67. The van der Waals surface area contributed by atoms with Crippen LogP contribution in [-0.4, -0.2) is 22.4 Å². The number of hydrogen-bond donors (Lipinski definition) is 0. The van der Waals surface area contributed by atoms with E-state index < -0.39 is 0 Å². The molecule has 1 heterocycles. The van der Waals surface area contributed by atoms with Crippen molar-refractivity contribution in [3.05, 3.63) is 46.5 Å². The van der Waals surface area contributed by atoms with Crippen molar-refractivity contribution in [2.75, 3.05) is 7.11 Å². The van der Waals surface area contributed by atoms with Crippen LogP contribution < -0.4 is 4.74 Å². The number of benzene rings is 1. The van der Waals surface area contributed by atoms with Gasteiger partial charge >= 0.3 is 0 Å². The van der Waals surface area contributed by atoms with Gasteiger partial charge in [0.1, 0.15) is 11.6 Å². The van der Waals surface area contributed by atoms with Gasteiger partial charge in [0.2, 0.25) is 0 Å². The highest BCUT2D eigenvalue weighted by Crippen LogP contribution is 2.24. The number of ketones is 1. The molecule has 0 unspecified atom stereocenters. The minimum Gasteiger partial charge on any atom is -0.497 e. The summed E-state index contributed by atoms with van der Waals surface area (Å²) < 4.78 is 7.85. The monoisotopic (exact) mass is 322 g/mol. The first-order valence-corrected chi connectivity index (χ1v) is 6.74. The van der Waals surface area contributed by atoms with Gasteiger partial charge in [0.15, 0.2) is 5.78 Å². The summed E-state index contributed by atoms with van der Waals surface area (Å²) in [4.78, 5) is 16.4. The average molecular weight is 323 g/mol. The summed E-state index contributed by atoms with van der Waals surface area (Å²) in [6.07, 6.45) is 4.67. The molecule has 0 bridgehead atoms. The molecule has 0 spiro atoms. The molecule has 0 amide bonds. The largest absolute Gasteiger partial charge is 0.497 e. The van der Waals surface area contributed by atoms with E-state index >= 15 is 0 Å². The van der Waals surface area contributed by atoms with Gasteiger partial charge in [0, 0.05) is 42.3 Å². The van der Waals surface area contributed by atoms with E-state index in [0.717, 1.165) is 10.3 Å². The van der Waals surface area contributed by atoms with E-state index in [-0.39, 0.29) is 5.78 Å². The molecule has 0 radical (unpaired) electrons. The van der Waals surface area contributed by atoms with Gasteiger partial charge in [-0.3, -0.25) is 4.79 Å². The molecule has 2 rings (SSSR count). The Morgan fingerprint density at radius 1 is 1.47 bits per heavy atom. The molecule has 0 aliphatic rings. The third kappa shape index (κ3) is 3.23. The van der Waals surface area contributed by atoms with Crippen molar-refractivity contribution < 1.29 is 9.53 Å². The molecular formula is C14H15BrN2O2. The Bertz CT molecular complexity index is 593. The van der Waals surface area contributed by atoms with Gasteiger partial charge in [-0.2, -0.15) is 0 Å². The first-order chi connectivity index (χ1) is 9.11. The van der Waals surface area contributed by atoms with Crippen LogP contribution in [0.1, 0.15) is 22.6 Å². The van der Waals surface area contributed by atoms with Crippen molar-refractivity contribution in [2.24, 2.45) is 7.05 Å². The van der Waals surface area contributed by atoms with Crippen molar-refractivity contribution >= 4 is 21.7 Å². The molecule has 19 heavy (non-hydrogen) atoms. The molecule has 0 fully saturated rings. The molecule has 0 saturated carbocycles. The molecule has 0 N–H and O–H groups in total. The summed E-state index contributed by atoms with van der Waals surface area (Å²) in [7, 11) is 3.51. The summed E-state index contributed by atoms with van der Waals surface area (Å²) in [5, 5.41) is 0. The molecule has 2 aromatic rings. The van der Waals surface area contributed by atoms with E-state index in [2.05, 4.69) is 20.9 Å². The van der Waals surface area contributed by atoms with Crippen molar-refractivity contribution in [3.63, 3.8) is 0 Å². The zero-order chi connectivity index (χ0) is 13.8. The first kappa shape index (κ1) is 13.8. The van der Waals surface area contributed by atoms with Gasteiger partial charge < -0.3 is 9.30 Å². The number of nitrogens with zero attached hydrogens (tertiary/aromatic N) is 2. The summed E-state index contributed by atoms with van der Waals surface area (Å²) in [5.41, 5.74) is 0.647. The summed E-state index contributed by atoms with van der Waals surface area (Å²) in [6.45, 7) is 0. The molecule has 4 nitrogen and oxygen atoms in total. The topological polar surface area (TPSA) is 44.1 Å². The number of hydrogen-bond acceptors (Lipinski definition) is 3. The Hall–Kier alpha value is -1.62. The molecule has 100 valence electrons. The number of aryl methyl sites for hydroxylation is 2. The molecule has 0 aliphatic heterocycles. The number of ether oxygens (including phenoxy) is 1. The lowest BCUT2D eigenvalue weighted by Crippen LogP contribution is -2.05. The van der Waals surface area contributed by atoms with Crippen LogP contribution in [0.4, 0.5) is 0 Å². The van der Waals surface area contributed by atoms with Gasteiger partial charge in [-0.1, -0.05) is 15.9 Å². The predicted octanol–water partition coefficient (Wildman–Crippen LogP) is 3.01. The van der Waals surface area contributed by atoms with Crippen molar-refractivity contribution in [3.8, 4) is 5.75 Å². The van der Waals surface area contributed by atoms with Crippen LogP contribution in [0.5, 0.6) is 5.75 Å². The highest BCUT2D eigenvalue weighted by molar-refractivity contribution is 9.10. The van der Waals surface area contributed by atoms with E-state index in [1.807, 2.05) is 29.9 Å². The highest BCUT2D eigenvalue weighted by atomic mass is 79.9. The SMILES string of the molecule is COc1ccc(Br)c(C(=O)CCc2nccn2C)c1. The lowest BCUT2D eigenvalue weighted by Gasteiger charge is -2.06. The van der Waals surface area contributed by atoms with Crippen LogP contribution >= 0.6 is 15.9 Å². The number of Topliss-reactive ketones (excluding diaryl/α,β-unsaturated/α-hetero) is 1. The maximum Gasteiger partial charge on any atom is 0.164 e. The quantitative estimate of drug-likeness (QED) is 0.795. The van der Waals surface area contributed by atoms with E-state index in [0.29, 0.717) is 24.2 Å². The number of carbonyl (C=O) groups is 1. The fourth-order valence-electron chi connectivity index (χ4n) is 1.84. The Balaban J connectivity index is 2.10. The summed E-state index contributed by atoms with van der Waals surface area (Å²) in [6, 6.07) is 5.40. The van der Waals surface area contributed by atoms with E-state index in [1.165, 1.54) is 0 Å². The first-order valence-electron chi connectivity index (χ1n) is 5.94. The fourth-order valence-corrected chi connectivity index (χ4v) is 2.31. The number of carbonyl (C=O) groups excluding carboxylic acids is 1. The average Bonchev–Trinajstić information content (AvgIpc) is 2.82. The Morgan fingerprint density at radius 3 is 2.89 bits per heavy atom. The molecule has 0 saturated heterocycles. The van der Waals surface area contributed by atoms with Crippen molar-refractivity contribution in [2.45, 2.75) is 12.8 Å². The maximum absolute atomic E-state index is 12.2. The van der Waals surface area contributed by atoms with Crippen LogP contribution in [0.2, 0.25) is 0 Å². The van der Waals surface area contributed by atoms with Gasteiger partial charge in [-0.05, 0) is 18.2 Å². The van der Waals surface area contributed by atoms with E-state index in [1.54, 1.807) is 19.4 Å². The lowest BCUT2D eigenvalue weighted by molar-refractivity contribution is 0.0981. The Kier molecular flexibility index (Phi) is 4.37. The number of halogens is 1. The zero-order valence-corrected chi connectivity index (χ0v) is 12.5. The lowest BCUT2D eigenvalue weighted by atomic mass is 10.1. The van der Waals surface area contributed by atoms with Crippen LogP contribution in [0, 0.1) is 0 Å². The fraction of sp³-hybridized carbons (Fsp3) is 0.286. The third-order valence-electron chi connectivity index (χ3n) is 2.97. The van der Waals surface area contributed by atoms with Crippen LogP contribution in [-0.2, 0) is 13.5 Å². The number of rotatable bonds is 5. The number of methoxy groups -OCH3 is 1. The molecular weight excluding hydrogens is 308 g/mol. The van der Waals surface area contributed by atoms with E-state index in [9.17, 15) is 4.79 Å². The predicted molar refractivity (Wildman–Crippen MR) is 76.6 cm³/mol. The molecule has 5 heteroatoms. The maximum atomic E-state index is 12.2. The molecule has 0 atom stereocenters. The minimum absolute atomic E-state index is 0.0776. The molecule has 0 aliphatic carbocycles. The van der Waals surface area contributed by atoms with Crippen molar-refractivity contribution in [1.29, 1.82) is 0 Å². The third-order valence-corrected chi connectivity index (χ3v) is 3.66. The van der Waals surface area contributed by atoms with Crippen molar-refractivity contribution in [1.82, 2.24) is 9.55 Å². The Labute approximate surface area is 120 Å². The normalized spacial score (nSPS) is 10.5. The second-order valence-corrected chi connectivity index (χ2v) is 5.08. The number of imidazole rings is 1. The standard InChI is InChI=1S/C14H15BrN2O2/c1-17-8-7-16-14(17)6-5-13(18)11-9-10(19-2)3-4-12(11)15/h3-4,7-9H,5-6H2,1-2H3. The second kappa shape index (κ2) is 6.02. The number of aromatic nitrogens is 2.